The van der Waals surface area contributed by atoms with Crippen LogP contribution < -0.4 is 4.90 Å². The number of carbonyl (C=O) groups excluding carboxylic acids is 1. The number of hydrogen-bond donors (Lipinski definition) is 0. The van der Waals surface area contributed by atoms with E-state index in [1.807, 2.05) is 34.5 Å². The number of rotatable bonds is 4. The molecule has 0 unspecified atom stereocenters. The van der Waals surface area contributed by atoms with Crippen LogP contribution in [-0.4, -0.2) is 57.2 Å². The second kappa shape index (κ2) is 8.31. The maximum absolute atomic E-state index is 13.4. The van der Waals surface area contributed by atoms with Gasteiger partial charge in [0.05, 0.1) is 5.69 Å². The molecule has 0 aliphatic carbocycles. The molecule has 2 aromatic carbocycles. The first-order chi connectivity index (χ1) is 15.2. The van der Waals surface area contributed by atoms with Gasteiger partial charge < -0.3 is 9.80 Å². The molecule has 0 atom stereocenters. The van der Waals surface area contributed by atoms with Crippen LogP contribution in [0.25, 0.3) is 16.1 Å². The van der Waals surface area contributed by atoms with E-state index in [9.17, 15) is 4.79 Å². The highest BCUT2D eigenvalue weighted by Crippen LogP contribution is 2.28. The summed E-state index contributed by atoms with van der Waals surface area (Å²) in [6.45, 7) is 5.11. The standard InChI is InChI=1S/C23H22N6OS/c1-17-4-6-20(7-5-17)27-8-10-28(11-9-27)23(30)19-13-18(22-3-2-12-31-22)14-21(15-19)29-16-24-25-26-29/h2-7,12-16H,8-11H2,1H3. The lowest BCUT2D eigenvalue weighted by Gasteiger charge is -2.36. The number of hydrogen-bond acceptors (Lipinski definition) is 6. The Morgan fingerprint density at radius 1 is 0.968 bits per heavy atom. The molecule has 4 aromatic rings. The minimum Gasteiger partial charge on any atom is -0.368 e. The summed E-state index contributed by atoms with van der Waals surface area (Å²) in [6, 6.07) is 18.5. The molecule has 0 saturated carbocycles. The van der Waals surface area contributed by atoms with Gasteiger partial charge in [-0.05, 0) is 64.7 Å². The largest absolute Gasteiger partial charge is 0.368 e. The van der Waals surface area contributed by atoms with Crippen LogP contribution >= 0.6 is 11.3 Å². The summed E-state index contributed by atoms with van der Waals surface area (Å²) in [7, 11) is 0. The van der Waals surface area contributed by atoms with Crippen molar-refractivity contribution in [2.45, 2.75) is 6.92 Å². The highest BCUT2D eigenvalue weighted by atomic mass is 32.1. The Hall–Kier alpha value is -3.52. The second-order valence-electron chi connectivity index (χ2n) is 7.62. The molecule has 1 aliphatic heterocycles. The number of carbonyl (C=O) groups is 1. The van der Waals surface area contributed by atoms with Crippen LogP contribution in [0.3, 0.4) is 0 Å². The van der Waals surface area contributed by atoms with E-state index in [-0.39, 0.29) is 5.91 Å². The zero-order valence-electron chi connectivity index (χ0n) is 17.2. The third-order valence-corrected chi connectivity index (χ3v) is 6.47. The Morgan fingerprint density at radius 2 is 1.77 bits per heavy atom. The topological polar surface area (TPSA) is 67.2 Å². The summed E-state index contributed by atoms with van der Waals surface area (Å²) in [6.07, 6.45) is 1.54. The predicted octanol–water partition coefficient (Wildman–Crippen LogP) is 3.66. The fourth-order valence-electron chi connectivity index (χ4n) is 3.84. The molecule has 3 heterocycles. The molecule has 8 heteroatoms. The van der Waals surface area contributed by atoms with Crippen molar-refractivity contribution in [3.8, 4) is 16.1 Å². The van der Waals surface area contributed by atoms with Gasteiger partial charge in [0.15, 0.2) is 0 Å². The molecule has 0 radical (unpaired) electrons. The molecule has 0 N–H and O–H groups in total. The van der Waals surface area contributed by atoms with Crippen LogP contribution in [0.2, 0.25) is 0 Å². The van der Waals surface area contributed by atoms with Gasteiger partial charge in [-0.1, -0.05) is 23.8 Å². The lowest BCUT2D eigenvalue weighted by Crippen LogP contribution is -2.48. The van der Waals surface area contributed by atoms with Gasteiger partial charge in [0, 0.05) is 42.3 Å². The first-order valence-electron chi connectivity index (χ1n) is 10.2. The minimum atomic E-state index is 0.0382. The highest BCUT2D eigenvalue weighted by Gasteiger charge is 2.23. The third kappa shape index (κ3) is 4.06. The van der Waals surface area contributed by atoms with E-state index < -0.39 is 0 Å². The Morgan fingerprint density at radius 3 is 2.45 bits per heavy atom. The van der Waals surface area contributed by atoms with Crippen molar-refractivity contribution < 1.29 is 4.79 Å². The van der Waals surface area contributed by atoms with Crippen LogP contribution in [0.15, 0.2) is 66.3 Å². The number of piperazine rings is 1. The van der Waals surface area contributed by atoms with Gasteiger partial charge >= 0.3 is 0 Å². The highest BCUT2D eigenvalue weighted by molar-refractivity contribution is 7.13. The zero-order chi connectivity index (χ0) is 21.2. The lowest BCUT2D eigenvalue weighted by molar-refractivity contribution is 0.0747. The van der Waals surface area contributed by atoms with Crippen molar-refractivity contribution in [2.24, 2.45) is 0 Å². The van der Waals surface area contributed by atoms with Crippen molar-refractivity contribution >= 4 is 22.9 Å². The molecule has 0 bridgehead atoms. The Balaban J connectivity index is 1.38. The third-order valence-electron chi connectivity index (χ3n) is 5.55. The lowest BCUT2D eigenvalue weighted by atomic mass is 10.1. The number of tetrazole rings is 1. The molecule has 1 aliphatic rings. The summed E-state index contributed by atoms with van der Waals surface area (Å²) in [4.78, 5) is 18.7. The Labute approximate surface area is 184 Å². The molecular formula is C23H22N6OS. The van der Waals surface area contributed by atoms with Gasteiger partial charge in [0.1, 0.15) is 6.33 Å². The number of nitrogens with zero attached hydrogens (tertiary/aromatic N) is 6. The second-order valence-corrected chi connectivity index (χ2v) is 8.56. The summed E-state index contributed by atoms with van der Waals surface area (Å²) in [5.74, 6) is 0.0382. The van der Waals surface area contributed by atoms with Gasteiger partial charge in [-0.2, -0.15) is 0 Å². The summed E-state index contributed by atoms with van der Waals surface area (Å²) >= 11 is 1.64. The quantitative estimate of drug-likeness (QED) is 0.494. The molecule has 2 aromatic heterocycles. The molecule has 1 fully saturated rings. The fourth-order valence-corrected chi connectivity index (χ4v) is 4.55. The average Bonchev–Trinajstić information content (AvgIpc) is 3.54. The maximum Gasteiger partial charge on any atom is 0.254 e. The van der Waals surface area contributed by atoms with E-state index in [1.54, 1.807) is 22.3 Å². The molecule has 5 rings (SSSR count). The smallest absolute Gasteiger partial charge is 0.254 e. The van der Waals surface area contributed by atoms with Gasteiger partial charge in [0.25, 0.3) is 5.91 Å². The molecular weight excluding hydrogens is 408 g/mol. The number of benzene rings is 2. The van der Waals surface area contributed by atoms with E-state index >= 15 is 0 Å². The Bertz CT molecular complexity index is 1110. The first-order valence-corrected chi connectivity index (χ1v) is 11.1. The molecule has 1 amide bonds. The molecule has 7 nitrogen and oxygen atoms in total. The van der Waals surface area contributed by atoms with Crippen molar-refractivity contribution in [1.29, 1.82) is 0 Å². The number of aromatic nitrogens is 4. The van der Waals surface area contributed by atoms with Crippen molar-refractivity contribution in [1.82, 2.24) is 25.1 Å². The van der Waals surface area contributed by atoms with Gasteiger partial charge in [-0.25, -0.2) is 4.68 Å². The number of anilines is 1. The number of amides is 1. The van der Waals surface area contributed by atoms with Crippen LogP contribution in [0.5, 0.6) is 0 Å². The first kappa shape index (κ1) is 19.4. The number of aryl methyl sites for hydroxylation is 1. The van der Waals surface area contributed by atoms with E-state index in [0.29, 0.717) is 18.7 Å². The zero-order valence-corrected chi connectivity index (χ0v) is 18.0. The predicted molar refractivity (Wildman–Crippen MR) is 122 cm³/mol. The van der Waals surface area contributed by atoms with Crippen LogP contribution in [0, 0.1) is 6.92 Å². The SMILES string of the molecule is Cc1ccc(N2CCN(C(=O)c3cc(-c4cccs4)cc(-n4cnnn4)c3)CC2)cc1. The van der Waals surface area contributed by atoms with Crippen LogP contribution in [0.4, 0.5) is 5.69 Å². The van der Waals surface area contributed by atoms with Crippen LogP contribution in [0.1, 0.15) is 15.9 Å². The average molecular weight is 431 g/mol. The van der Waals surface area contributed by atoms with E-state index in [4.69, 9.17) is 0 Å². The minimum absolute atomic E-state index is 0.0382. The summed E-state index contributed by atoms with van der Waals surface area (Å²) < 4.78 is 1.59. The van der Waals surface area contributed by atoms with Crippen molar-refractivity contribution in [3.05, 3.63) is 77.4 Å². The van der Waals surface area contributed by atoms with Crippen molar-refractivity contribution in [2.75, 3.05) is 31.1 Å². The molecule has 1 saturated heterocycles. The maximum atomic E-state index is 13.4. The summed E-state index contributed by atoms with van der Waals surface area (Å²) in [5, 5.41) is 13.5. The van der Waals surface area contributed by atoms with Crippen LogP contribution in [-0.2, 0) is 0 Å². The van der Waals surface area contributed by atoms with Gasteiger partial charge in [-0.3, -0.25) is 4.79 Å². The van der Waals surface area contributed by atoms with E-state index in [0.717, 1.165) is 29.2 Å². The normalized spacial score (nSPS) is 14.1. The van der Waals surface area contributed by atoms with Gasteiger partial charge in [-0.15, -0.1) is 16.4 Å². The number of thiophene rings is 1. The monoisotopic (exact) mass is 430 g/mol. The van der Waals surface area contributed by atoms with E-state index in [2.05, 4.69) is 57.7 Å². The Kier molecular flexibility index (Phi) is 5.21. The molecule has 156 valence electrons. The van der Waals surface area contributed by atoms with Crippen molar-refractivity contribution in [3.63, 3.8) is 0 Å². The molecule has 0 spiro atoms. The van der Waals surface area contributed by atoms with Gasteiger partial charge in [0.2, 0.25) is 0 Å². The summed E-state index contributed by atoms with van der Waals surface area (Å²) in [5.41, 5.74) is 4.88. The van der Waals surface area contributed by atoms with E-state index in [1.165, 1.54) is 11.3 Å². The fraction of sp³-hybridized carbons (Fsp3) is 0.217. The molecule has 31 heavy (non-hydrogen) atoms.